The van der Waals surface area contributed by atoms with Gasteiger partial charge in [0, 0.05) is 45.3 Å². The molecule has 7 nitrogen and oxygen atoms in total. The van der Waals surface area contributed by atoms with Gasteiger partial charge in [0.25, 0.3) is 0 Å². The van der Waals surface area contributed by atoms with Gasteiger partial charge in [-0.05, 0) is 25.0 Å². The second-order valence-electron chi connectivity index (χ2n) is 4.83. The standard InChI is InChI=1S/C14H23N7/c1-13-11-19-21(12-13)10-7-17-14(15-2)16-5-3-8-20-9-4-6-18-20/h4,6,9,11-12H,3,5,7-8,10H2,1-2H3,(H2,15,16,17). The molecule has 7 heteroatoms. The van der Waals surface area contributed by atoms with Gasteiger partial charge in [-0.25, -0.2) is 0 Å². The van der Waals surface area contributed by atoms with E-state index in [9.17, 15) is 0 Å². The van der Waals surface area contributed by atoms with Gasteiger partial charge in [-0.15, -0.1) is 0 Å². The Kier molecular flexibility index (Phi) is 5.81. The zero-order valence-electron chi connectivity index (χ0n) is 12.7. The first-order valence-electron chi connectivity index (χ1n) is 7.19. The largest absolute Gasteiger partial charge is 0.356 e. The van der Waals surface area contributed by atoms with Crippen LogP contribution in [0, 0.1) is 6.92 Å². The first-order chi connectivity index (χ1) is 10.3. The van der Waals surface area contributed by atoms with E-state index in [0.29, 0.717) is 0 Å². The highest BCUT2D eigenvalue weighted by Gasteiger charge is 1.98. The van der Waals surface area contributed by atoms with Gasteiger partial charge in [0.15, 0.2) is 5.96 Å². The Labute approximate surface area is 125 Å². The molecule has 0 aliphatic carbocycles. The van der Waals surface area contributed by atoms with E-state index < -0.39 is 0 Å². The Morgan fingerprint density at radius 3 is 2.71 bits per heavy atom. The number of guanidine groups is 1. The van der Waals surface area contributed by atoms with E-state index >= 15 is 0 Å². The first-order valence-corrected chi connectivity index (χ1v) is 7.19. The van der Waals surface area contributed by atoms with E-state index in [1.165, 1.54) is 5.56 Å². The van der Waals surface area contributed by atoms with Crippen molar-refractivity contribution in [3.8, 4) is 0 Å². The lowest BCUT2D eigenvalue weighted by Gasteiger charge is -2.11. The van der Waals surface area contributed by atoms with Crippen molar-refractivity contribution < 1.29 is 0 Å². The molecule has 0 saturated heterocycles. The molecule has 2 aromatic heterocycles. The summed E-state index contributed by atoms with van der Waals surface area (Å²) in [5.74, 6) is 0.819. The minimum Gasteiger partial charge on any atom is -0.356 e. The molecule has 0 aliphatic heterocycles. The zero-order chi connectivity index (χ0) is 14.9. The molecule has 2 heterocycles. The van der Waals surface area contributed by atoms with Gasteiger partial charge in [-0.2, -0.15) is 10.2 Å². The van der Waals surface area contributed by atoms with Crippen molar-refractivity contribution in [3.05, 3.63) is 36.4 Å². The summed E-state index contributed by atoms with van der Waals surface area (Å²) in [4.78, 5) is 4.20. The van der Waals surface area contributed by atoms with Crippen molar-refractivity contribution in [2.45, 2.75) is 26.4 Å². The van der Waals surface area contributed by atoms with Crippen LogP contribution in [0.1, 0.15) is 12.0 Å². The van der Waals surface area contributed by atoms with E-state index in [-0.39, 0.29) is 0 Å². The van der Waals surface area contributed by atoms with Crippen molar-refractivity contribution in [2.75, 3.05) is 20.1 Å². The zero-order valence-corrected chi connectivity index (χ0v) is 12.7. The summed E-state index contributed by atoms with van der Waals surface area (Å²) in [6.07, 6.45) is 8.66. The fourth-order valence-corrected chi connectivity index (χ4v) is 1.98. The highest BCUT2D eigenvalue weighted by Crippen LogP contribution is 1.93. The van der Waals surface area contributed by atoms with E-state index in [1.807, 2.05) is 40.9 Å². The molecule has 0 saturated carbocycles. The molecule has 0 aromatic carbocycles. The van der Waals surface area contributed by atoms with E-state index in [0.717, 1.165) is 38.6 Å². The van der Waals surface area contributed by atoms with Gasteiger partial charge in [0.2, 0.25) is 0 Å². The molecule has 0 fully saturated rings. The minimum atomic E-state index is 0.792. The molecule has 2 N–H and O–H groups in total. The summed E-state index contributed by atoms with van der Waals surface area (Å²) in [5, 5.41) is 15.0. The maximum absolute atomic E-state index is 4.25. The number of aromatic nitrogens is 4. The SMILES string of the molecule is CN=C(NCCCn1cccn1)NCCn1cc(C)cn1. The lowest BCUT2D eigenvalue weighted by atomic mass is 10.4. The van der Waals surface area contributed by atoms with Gasteiger partial charge in [-0.1, -0.05) is 0 Å². The molecule has 0 bridgehead atoms. The Hall–Kier alpha value is -2.31. The summed E-state index contributed by atoms with van der Waals surface area (Å²) in [6.45, 7) is 5.42. The van der Waals surface area contributed by atoms with Gasteiger partial charge in [0.05, 0.1) is 12.7 Å². The molecule has 0 aliphatic rings. The highest BCUT2D eigenvalue weighted by molar-refractivity contribution is 5.79. The van der Waals surface area contributed by atoms with Crippen LogP contribution < -0.4 is 10.6 Å². The fraction of sp³-hybridized carbons (Fsp3) is 0.500. The monoisotopic (exact) mass is 289 g/mol. The van der Waals surface area contributed by atoms with Crippen LogP contribution in [0.4, 0.5) is 0 Å². The molecule has 0 unspecified atom stereocenters. The van der Waals surface area contributed by atoms with Crippen molar-refractivity contribution in [1.29, 1.82) is 0 Å². The summed E-state index contributed by atoms with van der Waals surface area (Å²) in [7, 11) is 1.78. The number of nitrogens with one attached hydrogen (secondary N) is 2. The molecule has 0 spiro atoms. The Balaban J connectivity index is 1.59. The molecule has 114 valence electrons. The van der Waals surface area contributed by atoms with Crippen LogP contribution in [0.25, 0.3) is 0 Å². The van der Waals surface area contributed by atoms with Crippen LogP contribution in [0.2, 0.25) is 0 Å². The van der Waals surface area contributed by atoms with Gasteiger partial charge in [-0.3, -0.25) is 14.4 Å². The lowest BCUT2D eigenvalue weighted by Crippen LogP contribution is -2.39. The minimum absolute atomic E-state index is 0.792. The smallest absolute Gasteiger partial charge is 0.191 e. The number of hydrogen-bond donors (Lipinski definition) is 2. The van der Waals surface area contributed by atoms with Crippen molar-refractivity contribution in [3.63, 3.8) is 0 Å². The Bertz CT molecular complexity index is 541. The summed E-state index contributed by atoms with van der Waals surface area (Å²) >= 11 is 0. The van der Waals surface area contributed by atoms with E-state index in [4.69, 9.17) is 0 Å². The van der Waals surface area contributed by atoms with Crippen LogP contribution in [0.15, 0.2) is 35.8 Å². The molecule has 0 radical (unpaired) electrons. The van der Waals surface area contributed by atoms with Crippen molar-refractivity contribution in [1.82, 2.24) is 30.2 Å². The molecule has 21 heavy (non-hydrogen) atoms. The molecule has 0 atom stereocenters. The molecular weight excluding hydrogens is 266 g/mol. The maximum atomic E-state index is 4.25. The molecule has 0 amide bonds. The van der Waals surface area contributed by atoms with Gasteiger partial charge >= 0.3 is 0 Å². The number of nitrogens with zero attached hydrogens (tertiary/aromatic N) is 5. The quantitative estimate of drug-likeness (QED) is 0.446. The second kappa shape index (κ2) is 8.08. The third-order valence-corrected chi connectivity index (χ3v) is 3.03. The molecule has 2 rings (SSSR count). The average Bonchev–Trinajstić information content (AvgIpc) is 3.13. The predicted molar refractivity (Wildman–Crippen MR) is 83.2 cm³/mol. The Morgan fingerprint density at radius 2 is 2.05 bits per heavy atom. The van der Waals surface area contributed by atoms with Crippen LogP contribution >= 0.6 is 0 Å². The number of rotatable bonds is 7. The van der Waals surface area contributed by atoms with Crippen molar-refractivity contribution >= 4 is 5.96 Å². The number of aryl methyl sites for hydroxylation is 2. The van der Waals surface area contributed by atoms with Crippen LogP contribution in [0.5, 0.6) is 0 Å². The molecular formula is C14H23N7. The normalized spacial score (nSPS) is 11.6. The Morgan fingerprint density at radius 1 is 1.19 bits per heavy atom. The number of aliphatic imine (C=N–C) groups is 1. The number of hydrogen-bond acceptors (Lipinski definition) is 3. The first kappa shape index (κ1) is 15.1. The predicted octanol–water partition coefficient (Wildman–Crippen LogP) is 0.643. The summed E-state index contributed by atoms with van der Waals surface area (Å²) < 4.78 is 3.85. The third-order valence-electron chi connectivity index (χ3n) is 3.03. The van der Waals surface area contributed by atoms with E-state index in [1.54, 1.807) is 13.2 Å². The topological polar surface area (TPSA) is 72.1 Å². The average molecular weight is 289 g/mol. The lowest BCUT2D eigenvalue weighted by molar-refractivity contribution is 0.565. The highest BCUT2D eigenvalue weighted by atomic mass is 15.3. The van der Waals surface area contributed by atoms with Crippen LogP contribution in [-0.2, 0) is 13.1 Å². The summed E-state index contributed by atoms with van der Waals surface area (Å²) in [5.41, 5.74) is 1.18. The fourth-order valence-electron chi connectivity index (χ4n) is 1.98. The maximum Gasteiger partial charge on any atom is 0.191 e. The van der Waals surface area contributed by atoms with Crippen LogP contribution in [0.3, 0.4) is 0 Å². The van der Waals surface area contributed by atoms with Crippen LogP contribution in [-0.4, -0.2) is 45.7 Å². The third kappa shape index (κ3) is 5.29. The van der Waals surface area contributed by atoms with Crippen molar-refractivity contribution in [2.24, 2.45) is 4.99 Å². The van der Waals surface area contributed by atoms with E-state index in [2.05, 4.69) is 25.8 Å². The molecule has 2 aromatic rings. The second-order valence-corrected chi connectivity index (χ2v) is 4.83. The van der Waals surface area contributed by atoms with Gasteiger partial charge in [0.1, 0.15) is 0 Å². The van der Waals surface area contributed by atoms with Gasteiger partial charge < -0.3 is 10.6 Å². The summed E-state index contributed by atoms with van der Waals surface area (Å²) in [6, 6.07) is 1.94.